The van der Waals surface area contributed by atoms with Crippen LogP contribution in [-0.4, -0.2) is 9.55 Å². The first-order valence-electron chi connectivity index (χ1n) is 25.0. The normalized spacial score (nSPS) is 13.6. The van der Waals surface area contributed by atoms with Gasteiger partial charge in [-0.3, -0.25) is 0 Å². The molecule has 10 rings (SSSR count). The maximum absolute atomic E-state index is 7.00. The third-order valence-electron chi connectivity index (χ3n) is 13.5. The number of nitrogens with zero attached hydrogens (tertiary/aromatic N) is 4. The summed E-state index contributed by atoms with van der Waals surface area (Å²) in [4.78, 5) is 9.73. The van der Waals surface area contributed by atoms with Crippen molar-refractivity contribution in [2.24, 2.45) is 10.8 Å². The molecule has 7 aromatic carbocycles. The molecule has 0 bridgehead atoms. The van der Waals surface area contributed by atoms with Crippen LogP contribution in [0.4, 0.5) is 11.4 Å². The standard InChI is InChI=1S/C66H65N4O.Pt/c1-63(2,3)48-34-35-67-59(38-48)70-57-31-23-22-30-53(57)54-33-32-51(42-58(54)70)71-52-37-47(44-24-16-13-17-25-44)36-49(39-52)68-43-69(62(66(10,11)12)61(68)65(7,8)9)50-40-55(45-26-18-14-19-27-45)60(64(4,5)6)56(41-50)46-28-20-15-21-29-46;/h13-38,40-41,43H,1-12H3;/q-3;. The maximum atomic E-state index is 7.00. The number of para-hydroxylation sites is 1. The van der Waals surface area contributed by atoms with Crippen LogP contribution in [0.2, 0.25) is 0 Å². The van der Waals surface area contributed by atoms with Gasteiger partial charge in [0.2, 0.25) is 0 Å². The minimum atomic E-state index is -0.286. The summed E-state index contributed by atoms with van der Waals surface area (Å²) in [7, 11) is 0. The first-order chi connectivity index (χ1) is 33.7. The summed E-state index contributed by atoms with van der Waals surface area (Å²) in [6.45, 7) is 29.9. The van der Waals surface area contributed by atoms with Gasteiger partial charge in [-0.05, 0) is 85.5 Å². The van der Waals surface area contributed by atoms with Crippen molar-refractivity contribution in [3.8, 4) is 50.7 Å². The van der Waals surface area contributed by atoms with E-state index in [1.165, 1.54) is 44.8 Å². The van der Waals surface area contributed by atoms with E-state index >= 15 is 0 Å². The van der Waals surface area contributed by atoms with Crippen molar-refractivity contribution in [1.29, 1.82) is 0 Å². The van der Waals surface area contributed by atoms with E-state index in [0.717, 1.165) is 50.1 Å². The van der Waals surface area contributed by atoms with Gasteiger partial charge in [-0.2, -0.15) is 6.07 Å². The molecule has 5 nitrogen and oxygen atoms in total. The second-order valence-electron chi connectivity index (χ2n) is 23.1. The van der Waals surface area contributed by atoms with E-state index in [1.54, 1.807) is 0 Å². The van der Waals surface area contributed by atoms with Crippen molar-refractivity contribution in [2.75, 3.05) is 9.80 Å². The third-order valence-corrected chi connectivity index (χ3v) is 13.5. The van der Waals surface area contributed by atoms with Crippen molar-refractivity contribution >= 4 is 33.2 Å². The third kappa shape index (κ3) is 9.69. The Morgan fingerprint density at radius 2 is 1.03 bits per heavy atom. The van der Waals surface area contributed by atoms with Crippen molar-refractivity contribution in [3.63, 3.8) is 0 Å². The van der Waals surface area contributed by atoms with Crippen LogP contribution >= 0.6 is 0 Å². The van der Waals surface area contributed by atoms with E-state index < -0.39 is 0 Å². The van der Waals surface area contributed by atoms with Crippen LogP contribution in [0.15, 0.2) is 181 Å². The Balaban J connectivity index is 0.00000640. The smallest absolute Gasteiger partial charge is 0.135 e. The maximum Gasteiger partial charge on any atom is 0.135 e. The molecular weight excluding hydrogens is 1060 g/mol. The number of hydrogen-bond donors (Lipinski definition) is 0. The Hall–Kier alpha value is -6.68. The van der Waals surface area contributed by atoms with Crippen molar-refractivity contribution in [2.45, 2.75) is 93.9 Å². The van der Waals surface area contributed by atoms with E-state index in [9.17, 15) is 0 Å². The summed E-state index contributed by atoms with van der Waals surface area (Å²) in [5.41, 5.74) is 15.1. The van der Waals surface area contributed by atoms with Gasteiger partial charge in [-0.15, -0.1) is 53.6 Å². The number of aromatic nitrogens is 2. The molecular formula is C66H65N4OPt-3. The molecule has 0 fully saturated rings. The molecule has 2 aromatic heterocycles. The van der Waals surface area contributed by atoms with Crippen LogP contribution in [0.25, 0.3) is 61.0 Å². The van der Waals surface area contributed by atoms with Crippen molar-refractivity contribution in [1.82, 2.24) is 9.55 Å². The Morgan fingerprint density at radius 3 is 1.60 bits per heavy atom. The number of pyridine rings is 1. The molecule has 0 saturated heterocycles. The molecule has 0 radical (unpaired) electrons. The molecule has 0 N–H and O–H groups in total. The fourth-order valence-corrected chi connectivity index (χ4v) is 10.3. The van der Waals surface area contributed by atoms with E-state index in [2.05, 4.69) is 274 Å². The SMILES string of the molecule is CC(C)(C)C1=C(C(C)(C)C)N(c2cc(-c3ccccc3)c(C(C)(C)C)c(-c3ccccc3)c2)[CH-]N1c1[c-]c(Oc2[c-]c3c(cc2)c2ccccc2n3-c2cc(C(C)(C)C)ccn2)cc(-c2ccccc2)c1.[Pt]. The molecule has 368 valence electrons. The van der Waals surface area contributed by atoms with Crippen LogP contribution in [0.5, 0.6) is 11.5 Å². The first kappa shape index (κ1) is 50.3. The summed E-state index contributed by atoms with van der Waals surface area (Å²) in [6, 6.07) is 66.0. The Bertz CT molecular complexity index is 3390. The molecule has 3 heterocycles. The summed E-state index contributed by atoms with van der Waals surface area (Å²) in [5, 5.41) is 2.22. The zero-order valence-electron chi connectivity index (χ0n) is 43.8. The molecule has 1 aliphatic heterocycles. The summed E-state index contributed by atoms with van der Waals surface area (Å²) < 4.78 is 9.21. The van der Waals surface area contributed by atoms with E-state index in [1.807, 2.05) is 12.3 Å². The molecule has 0 spiro atoms. The molecule has 0 amide bonds. The van der Waals surface area contributed by atoms with E-state index in [-0.39, 0.29) is 42.7 Å². The average molecular weight is 1130 g/mol. The number of benzene rings is 7. The monoisotopic (exact) mass is 1120 g/mol. The Kier molecular flexibility index (Phi) is 13.3. The number of rotatable bonds is 8. The van der Waals surface area contributed by atoms with Gasteiger partial charge in [0, 0.05) is 72.2 Å². The van der Waals surface area contributed by atoms with Gasteiger partial charge in [0.1, 0.15) is 5.82 Å². The van der Waals surface area contributed by atoms with Gasteiger partial charge in [-0.25, -0.2) is 4.98 Å². The summed E-state index contributed by atoms with van der Waals surface area (Å²) in [6.07, 6.45) is 1.91. The fourth-order valence-electron chi connectivity index (χ4n) is 10.3. The zero-order chi connectivity index (χ0) is 50.0. The zero-order valence-corrected chi connectivity index (χ0v) is 46.0. The van der Waals surface area contributed by atoms with Gasteiger partial charge < -0.3 is 19.1 Å². The first-order valence-corrected chi connectivity index (χ1v) is 25.0. The minimum absolute atomic E-state index is 0. The van der Waals surface area contributed by atoms with Gasteiger partial charge in [0.05, 0.1) is 0 Å². The van der Waals surface area contributed by atoms with Crippen LogP contribution in [0.1, 0.15) is 94.2 Å². The second kappa shape index (κ2) is 19.1. The molecule has 6 heteroatoms. The van der Waals surface area contributed by atoms with Crippen LogP contribution in [-0.2, 0) is 31.9 Å². The number of fused-ring (bicyclic) bond motifs is 3. The summed E-state index contributed by atoms with van der Waals surface area (Å²) >= 11 is 0. The Labute approximate surface area is 442 Å². The van der Waals surface area contributed by atoms with Crippen molar-refractivity contribution in [3.05, 3.63) is 211 Å². The summed E-state index contributed by atoms with van der Waals surface area (Å²) in [5.74, 6) is 2.04. The minimum Gasteiger partial charge on any atom is -0.509 e. The quantitative estimate of drug-likeness (QED) is 0.142. The molecule has 9 aromatic rings. The van der Waals surface area contributed by atoms with Gasteiger partial charge in [0.25, 0.3) is 0 Å². The van der Waals surface area contributed by atoms with Crippen molar-refractivity contribution < 1.29 is 25.8 Å². The second-order valence-corrected chi connectivity index (χ2v) is 23.1. The topological polar surface area (TPSA) is 33.5 Å². The predicted octanol–water partition coefficient (Wildman–Crippen LogP) is 17.9. The molecule has 0 aliphatic carbocycles. The number of anilines is 2. The van der Waals surface area contributed by atoms with Gasteiger partial charge >= 0.3 is 0 Å². The Morgan fingerprint density at radius 1 is 0.472 bits per heavy atom. The van der Waals surface area contributed by atoms with Crippen LogP contribution < -0.4 is 14.5 Å². The van der Waals surface area contributed by atoms with Crippen LogP contribution in [0.3, 0.4) is 0 Å². The van der Waals surface area contributed by atoms with Gasteiger partial charge in [0.15, 0.2) is 0 Å². The average Bonchev–Trinajstić information content (AvgIpc) is 3.92. The van der Waals surface area contributed by atoms with E-state index in [4.69, 9.17) is 9.72 Å². The largest absolute Gasteiger partial charge is 0.509 e. The molecule has 0 unspecified atom stereocenters. The fraction of sp³-hybridized carbons (Fsp3) is 0.242. The van der Waals surface area contributed by atoms with E-state index in [0.29, 0.717) is 11.5 Å². The molecule has 1 aliphatic rings. The predicted molar refractivity (Wildman–Crippen MR) is 298 cm³/mol. The van der Waals surface area contributed by atoms with Crippen LogP contribution in [0, 0.1) is 29.6 Å². The molecule has 0 saturated carbocycles. The molecule has 0 atom stereocenters. The number of hydrogen-bond acceptors (Lipinski definition) is 4. The van der Waals surface area contributed by atoms with Gasteiger partial charge in [-0.1, -0.05) is 198 Å². The number of allylic oxidation sites excluding steroid dienone is 2. The number of ether oxygens (including phenoxy) is 1. The molecule has 72 heavy (non-hydrogen) atoms.